The number of amides is 1. The largest absolute Gasteiger partial charge is 0.378 e. The highest BCUT2D eigenvalue weighted by Gasteiger charge is 2.21. The van der Waals surface area contributed by atoms with Gasteiger partial charge in [0.2, 0.25) is 5.91 Å². The third-order valence-electron chi connectivity index (χ3n) is 2.52. The van der Waals surface area contributed by atoms with Gasteiger partial charge in [-0.25, -0.2) is 0 Å². The van der Waals surface area contributed by atoms with Gasteiger partial charge in [-0.1, -0.05) is 20.8 Å². The fourth-order valence-corrected chi connectivity index (χ4v) is 1.14. The molecule has 0 heterocycles. The van der Waals surface area contributed by atoms with E-state index in [-0.39, 0.29) is 17.9 Å². The van der Waals surface area contributed by atoms with E-state index in [1.165, 1.54) is 0 Å². The van der Waals surface area contributed by atoms with E-state index in [4.69, 9.17) is 4.74 Å². The van der Waals surface area contributed by atoms with Gasteiger partial charge in [0.05, 0.1) is 18.6 Å². The number of hydrogen-bond acceptors (Lipinski definition) is 2. The molecule has 0 aliphatic heterocycles. The average Bonchev–Trinajstić information content (AvgIpc) is 2.16. The Balaban J connectivity index is 4.04. The average molecular weight is 201 g/mol. The minimum absolute atomic E-state index is 0.0333. The molecule has 0 saturated carbocycles. The number of carbonyl (C=O) groups is 1. The highest BCUT2D eigenvalue weighted by molar-refractivity contribution is 5.78. The van der Waals surface area contributed by atoms with Crippen LogP contribution in [0.1, 0.15) is 34.1 Å². The van der Waals surface area contributed by atoms with Gasteiger partial charge in [-0.05, 0) is 19.3 Å². The molecule has 2 unspecified atom stereocenters. The molecule has 0 saturated heterocycles. The topological polar surface area (TPSA) is 38.3 Å². The van der Waals surface area contributed by atoms with E-state index in [0.29, 0.717) is 12.5 Å². The second-order valence-electron chi connectivity index (χ2n) is 4.02. The number of ether oxygens (including phenoxy) is 1. The Labute approximate surface area is 87.2 Å². The van der Waals surface area contributed by atoms with Crippen LogP contribution in [-0.2, 0) is 9.53 Å². The summed E-state index contributed by atoms with van der Waals surface area (Å²) >= 11 is 0. The molecule has 0 aromatic rings. The van der Waals surface area contributed by atoms with Gasteiger partial charge in [-0.3, -0.25) is 4.79 Å². The van der Waals surface area contributed by atoms with Crippen molar-refractivity contribution < 1.29 is 9.53 Å². The van der Waals surface area contributed by atoms with Crippen LogP contribution in [0.4, 0.5) is 0 Å². The maximum Gasteiger partial charge on any atom is 0.225 e. The van der Waals surface area contributed by atoms with Crippen molar-refractivity contribution in [2.45, 2.75) is 40.2 Å². The lowest BCUT2D eigenvalue weighted by Gasteiger charge is -2.21. The zero-order chi connectivity index (χ0) is 11.1. The van der Waals surface area contributed by atoms with E-state index in [2.05, 4.69) is 12.2 Å². The van der Waals surface area contributed by atoms with Gasteiger partial charge < -0.3 is 10.1 Å². The molecule has 14 heavy (non-hydrogen) atoms. The Morgan fingerprint density at radius 3 is 2.29 bits per heavy atom. The lowest BCUT2D eigenvalue weighted by Crippen LogP contribution is -2.34. The van der Waals surface area contributed by atoms with Crippen LogP contribution >= 0.6 is 0 Å². The van der Waals surface area contributed by atoms with E-state index in [1.54, 1.807) is 7.05 Å². The molecule has 3 heteroatoms. The predicted molar refractivity (Wildman–Crippen MR) is 58.1 cm³/mol. The smallest absolute Gasteiger partial charge is 0.225 e. The standard InChI is InChI=1S/C11H23NO2/c1-6-9(4)14-7-10(8(2)3)11(13)12-5/h8-10H,6-7H2,1-5H3,(H,12,13). The van der Waals surface area contributed by atoms with Crippen LogP contribution in [0.3, 0.4) is 0 Å². The number of nitrogens with one attached hydrogen (secondary N) is 1. The molecule has 0 radical (unpaired) electrons. The van der Waals surface area contributed by atoms with E-state index in [1.807, 2.05) is 20.8 Å². The Bertz CT molecular complexity index is 169. The number of rotatable bonds is 6. The Morgan fingerprint density at radius 2 is 1.93 bits per heavy atom. The fraction of sp³-hybridized carbons (Fsp3) is 0.909. The summed E-state index contributed by atoms with van der Waals surface area (Å²) in [7, 11) is 1.67. The van der Waals surface area contributed by atoms with E-state index in [0.717, 1.165) is 6.42 Å². The highest BCUT2D eigenvalue weighted by Crippen LogP contribution is 2.12. The van der Waals surface area contributed by atoms with Crippen molar-refractivity contribution in [1.29, 1.82) is 0 Å². The Morgan fingerprint density at radius 1 is 1.36 bits per heavy atom. The zero-order valence-corrected chi connectivity index (χ0v) is 9.96. The van der Waals surface area contributed by atoms with Crippen LogP contribution in [0, 0.1) is 11.8 Å². The number of carbonyl (C=O) groups excluding carboxylic acids is 1. The molecule has 0 rings (SSSR count). The van der Waals surface area contributed by atoms with Gasteiger partial charge in [0.1, 0.15) is 0 Å². The summed E-state index contributed by atoms with van der Waals surface area (Å²) in [5.41, 5.74) is 0. The molecule has 3 nitrogen and oxygen atoms in total. The van der Waals surface area contributed by atoms with Gasteiger partial charge >= 0.3 is 0 Å². The van der Waals surface area contributed by atoms with Crippen molar-refractivity contribution in [2.24, 2.45) is 11.8 Å². The molecule has 0 bridgehead atoms. The molecule has 0 fully saturated rings. The first-order valence-electron chi connectivity index (χ1n) is 5.36. The molecule has 84 valence electrons. The summed E-state index contributed by atoms with van der Waals surface area (Å²) in [6, 6.07) is 0. The molecular formula is C11H23NO2. The molecule has 0 aromatic heterocycles. The molecule has 0 aliphatic rings. The maximum atomic E-state index is 11.5. The zero-order valence-electron chi connectivity index (χ0n) is 9.96. The van der Waals surface area contributed by atoms with Gasteiger partial charge in [0, 0.05) is 7.05 Å². The van der Waals surface area contributed by atoms with Crippen LogP contribution in [0.15, 0.2) is 0 Å². The first kappa shape index (κ1) is 13.4. The van der Waals surface area contributed by atoms with Gasteiger partial charge in [-0.15, -0.1) is 0 Å². The molecule has 1 amide bonds. The monoisotopic (exact) mass is 201 g/mol. The maximum absolute atomic E-state index is 11.5. The summed E-state index contributed by atoms with van der Waals surface area (Å²) in [5, 5.41) is 2.67. The van der Waals surface area contributed by atoms with Crippen molar-refractivity contribution in [2.75, 3.05) is 13.7 Å². The SMILES string of the molecule is CCC(C)OCC(C(=O)NC)C(C)C. The van der Waals surface area contributed by atoms with Crippen molar-refractivity contribution in [3.8, 4) is 0 Å². The summed E-state index contributed by atoms with van der Waals surface area (Å²) in [6.45, 7) is 8.71. The lowest BCUT2D eigenvalue weighted by molar-refractivity contribution is -0.129. The van der Waals surface area contributed by atoms with Crippen molar-refractivity contribution in [3.63, 3.8) is 0 Å². The van der Waals surface area contributed by atoms with Gasteiger partial charge in [-0.2, -0.15) is 0 Å². The number of hydrogen-bond donors (Lipinski definition) is 1. The molecule has 0 aliphatic carbocycles. The minimum atomic E-state index is -0.0333. The van der Waals surface area contributed by atoms with Crippen LogP contribution in [-0.4, -0.2) is 25.7 Å². The summed E-state index contributed by atoms with van der Waals surface area (Å²) in [4.78, 5) is 11.5. The van der Waals surface area contributed by atoms with Crippen molar-refractivity contribution in [1.82, 2.24) is 5.32 Å². The second-order valence-corrected chi connectivity index (χ2v) is 4.02. The first-order chi connectivity index (χ1) is 6.52. The first-order valence-corrected chi connectivity index (χ1v) is 5.36. The van der Waals surface area contributed by atoms with Crippen molar-refractivity contribution in [3.05, 3.63) is 0 Å². The highest BCUT2D eigenvalue weighted by atomic mass is 16.5. The van der Waals surface area contributed by atoms with Gasteiger partial charge in [0.15, 0.2) is 0 Å². The molecular weight excluding hydrogens is 178 g/mol. The normalized spacial score (nSPS) is 15.3. The van der Waals surface area contributed by atoms with E-state index >= 15 is 0 Å². The molecule has 0 spiro atoms. The van der Waals surface area contributed by atoms with E-state index in [9.17, 15) is 4.79 Å². The summed E-state index contributed by atoms with van der Waals surface area (Å²) in [6.07, 6.45) is 1.22. The van der Waals surface area contributed by atoms with Crippen LogP contribution in [0.5, 0.6) is 0 Å². The van der Waals surface area contributed by atoms with Crippen LogP contribution in [0.25, 0.3) is 0 Å². The van der Waals surface area contributed by atoms with Gasteiger partial charge in [0.25, 0.3) is 0 Å². The Hall–Kier alpha value is -0.570. The molecule has 2 atom stereocenters. The Kier molecular flexibility index (Phi) is 6.54. The minimum Gasteiger partial charge on any atom is -0.378 e. The second kappa shape index (κ2) is 6.82. The molecule has 0 aromatic carbocycles. The quantitative estimate of drug-likeness (QED) is 0.712. The third-order valence-corrected chi connectivity index (χ3v) is 2.52. The van der Waals surface area contributed by atoms with E-state index < -0.39 is 0 Å². The third kappa shape index (κ3) is 4.61. The fourth-order valence-electron chi connectivity index (χ4n) is 1.14. The lowest BCUT2D eigenvalue weighted by atomic mass is 9.96. The van der Waals surface area contributed by atoms with Crippen LogP contribution in [0.2, 0.25) is 0 Å². The summed E-state index contributed by atoms with van der Waals surface area (Å²) < 4.78 is 5.58. The predicted octanol–water partition coefficient (Wildman–Crippen LogP) is 1.82. The summed E-state index contributed by atoms with van der Waals surface area (Å²) in [5.74, 6) is 0.358. The van der Waals surface area contributed by atoms with Crippen molar-refractivity contribution >= 4 is 5.91 Å². The molecule has 1 N–H and O–H groups in total. The van der Waals surface area contributed by atoms with Crippen LogP contribution < -0.4 is 5.32 Å².